The van der Waals surface area contributed by atoms with Gasteiger partial charge in [0, 0.05) is 18.4 Å². The van der Waals surface area contributed by atoms with Crippen LogP contribution in [0.2, 0.25) is 0 Å². The lowest BCUT2D eigenvalue weighted by Gasteiger charge is -2.21. The Balaban J connectivity index is 0.000000185. The number of rotatable bonds is 2. The van der Waals surface area contributed by atoms with Crippen molar-refractivity contribution in [3.63, 3.8) is 0 Å². The molecule has 0 bridgehead atoms. The molecular weight excluding hydrogens is 288 g/mol. The lowest BCUT2D eigenvalue weighted by atomic mass is 9.99. The Kier molecular flexibility index (Phi) is 5.88. The zero-order valence-electron chi connectivity index (χ0n) is 14.0. The third kappa shape index (κ3) is 4.39. The van der Waals surface area contributed by atoms with Crippen molar-refractivity contribution in [1.82, 2.24) is 9.88 Å². The van der Waals surface area contributed by atoms with E-state index in [2.05, 4.69) is 30.8 Å². The highest BCUT2D eigenvalue weighted by molar-refractivity contribution is 5.87. The van der Waals surface area contributed by atoms with Gasteiger partial charge in [-0.1, -0.05) is 18.2 Å². The van der Waals surface area contributed by atoms with Gasteiger partial charge in [0.25, 0.3) is 0 Å². The number of carboxylic acids is 1. The summed E-state index contributed by atoms with van der Waals surface area (Å²) in [6.45, 7) is 5.57. The number of likely N-dealkylation sites (tertiary alicyclic amines) is 1. The molecule has 1 saturated heterocycles. The van der Waals surface area contributed by atoms with E-state index in [1.807, 2.05) is 12.4 Å². The minimum atomic E-state index is -0.879. The maximum Gasteiger partial charge on any atom is 0.335 e. The molecule has 1 aromatic carbocycles. The Morgan fingerprint density at radius 3 is 2.43 bits per heavy atom. The van der Waals surface area contributed by atoms with E-state index in [-0.39, 0.29) is 0 Å². The monoisotopic (exact) mass is 312 g/mol. The molecule has 2 aromatic rings. The number of pyridine rings is 1. The molecule has 4 heteroatoms. The van der Waals surface area contributed by atoms with Crippen LogP contribution in [-0.4, -0.2) is 34.6 Å². The number of nitrogens with zero attached hydrogens (tertiary/aromatic N) is 2. The van der Waals surface area contributed by atoms with Gasteiger partial charge in [-0.05, 0) is 69.1 Å². The van der Waals surface area contributed by atoms with E-state index in [0.29, 0.717) is 11.6 Å². The fraction of sp³-hybridized carbons (Fsp3) is 0.368. The highest BCUT2D eigenvalue weighted by Crippen LogP contribution is 2.32. The van der Waals surface area contributed by atoms with Crippen LogP contribution in [0.15, 0.2) is 42.7 Å². The summed E-state index contributed by atoms with van der Waals surface area (Å²) in [7, 11) is 2.21. The predicted octanol–water partition coefficient (Wildman–Crippen LogP) is 3.85. The minimum absolute atomic E-state index is 0.331. The Hall–Kier alpha value is -2.20. The second kappa shape index (κ2) is 7.88. The SMILES string of the molecule is Cc1cncc([C@@H]2CCCN2C)c1C.O=C(O)c1ccccc1. The summed E-state index contributed by atoms with van der Waals surface area (Å²) in [6.07, 6.45) is 6.58. The van der Waals surface area contributed by atoms with Crippen LogP contribution in [0.5, 0.6) is 0 Å². The molecule has 1 fully saturated rings. The molecular formula is C19H24N2O2. The van der Waals surface area contributed by atoms with Crippen LogP contribution in [-0.2, 0) is 0 Å². The van der Waals surface area contributed by atoms with Gasteiger partial charge in [0.1, 0.15) is 0 Å². The van der Waals surface area contributed by atoms with Gasteiger partial charge in [-0.3, -0.25) is 9.88 Å². The molecule has 1 N–H and O–H groups in total. The van der Waals surface area contributed by atoms with Crippen molar-refractivity contribution >= 4 is 5.97 Å². The largest absolute Gasteiger partial charge is 0.478 e. The van der Waals surface area contributed by atoms with Crippen LogP contribution in [0.25, 0.3) is 0 Å². The fourth-order valence-electron chi connectivity index (χ4n) is 2.87. The maximum atomic E-state index is 10.2. The first-order valence-corrected chi connectivity index (χ1v) is 7.90. The molecule has 1 aromatic heterocycles. The number of carboxylic acid groups (broad SMARTS) is 1. The van der Waals surface area contributed by atoms with Crippen LogP contribution in [0.3, 0.4) is 0 Å². The molecule has 1 aliphatic heterocycles. The number of benzene rings is 1. The third-order valence-corrected chi connectivity index (χ3v) is 4.41. The summed E-state index contributed by atoms with van der Waals surface area (Å²) in [6, 6.07) is 8.90. The first-order valence-electron chi connectivity index (χ1n) is 7.90. The number of hydrogen-bond donors (Lipinski definition) is 1. The van der Waals surface area contributed by atoms with E-state index in [1.54, 1.807) is 30.3 Å². The van der Waals surface area contributed by atoms with Gasteiger partial charge in [0.05, 0.1) is 5.56 Å². The third-order valence-electron chi connectivity index (χ3n) is 4.41. The van der Waals surface area contributed by atoms with Gasteiger partial charge in [-0.25, -0.2) is 4.79 Å². The number of carbonyl (C=O) groups is 1. The van der Waals surface area contributed by atoms with Crippen molar-refractivity contribution in [3.05, 3.63) is 65.0 Å². The lowest BCUT2D eigenvalue weighted by molar-refractivity contribution is 0.0697. The van der Waals surface area contributed by atoms with Crippen LogP contribution >= 0.6 is 0 Å². The fourth-order valence-corrected chi connectivity index (χ4v) is 2.87. The minimum Gasteiger partial charge on any atom is -0.478 e. The highest BCUT2D eigenvalue weighted by atomic mass is 16.4. The zero-order valence-corrected chi connectivity index (χ0v) is 14.0. The van der Waals surface area contributed by atoms with Crippen molar-refractivity contribution in [2.45, 2.75) is 32.7 Å². The average molecular weight is 312 g/mol. The molecule has 0 unspecified atom stereocenters. The number of hydrogen-bond acceptors (Lipinski definition) is 3. The summed E-state index contributed by atoms with van der Waals surface area (Å²) < 4.78 is 0. The Labute approximate surface area is 137 Å². The molecule has 23 heavy (non-hydrogen) atoms. The van der Waals surface area contributed by atoms with Gasteiger partial charge in [0.15, 0.2) is 0 Å². The molecule has 1 atom stereocenters. The molecule has 0 amide bonds. The van der Waals surface area contributed by atoms with Gasteiger partial charge in [-0.15, -0.1) is 0 Å². The summed E-state index contributed by atoms with van der Waals surface area (Å²) >= 11 is 0. The second-order valence-corrected chi connectivity index (χ2v) is 5.98. The van der Waals surface area contributed by atoms with Crippen molar-refractivity contribution in [3.8, 4) is 0 Å². The Morgan fingerprint density at radius 1 is 1.22 bits per heavy atom. The molecule has 1 aliphatic rings. The number of aryl methyl sites for hydroxylation is 1. The van der Waals surface area contributed by atoms with Gasteiger partial charge < -0.3 is 5.11 Å². The smallest absolute Gasteiger partial charge is 0.335 e. The quantitative estimate of drug-likeness (QED) is 0.915. The molecule has 0 aliphatic carbocycles. The topological polar surface area (TPSA) is 53.4 Å². The molecule has 2 heterocycles. The van der Waals surface area contributed by atoms with E-state index >= 15 is 0 Å². The van der Waals surface area contributed by atoms with Crippen molar-refractivity contribution < 1.29 is 9.90 Å². The molecule has 122 valence electrons. The predicted molar refractivity (Wildman–Crippen MR) is 91.7 cm³/mol. The molecule has 0 saturated carbocycles. The Morgan fingerprint density at radius 2 is 1.91 bits per heavy atom. The molecule has 0 radical (unpaired) electrons. The lowest BCUT2D eigenvalue weighted by Crippen LogP contribution is -2.18. The van der Waals surface area contributed by atoms with Gasteiger partial charge in [0.2, 0.25) is 0 Å². The van der Waals surface area contributed by atoms with E-state index in [1.165, 1.54) is 36.1 Å². The molecule has 3 rings (SSSR count). The molecule has 4 nitrogen and oxygen atoms in total. The first-order chi connectivity index (χ1) is 11.0. The average Bonchev–Trinajstić information content (AvgIpc) is 2.97. The Bertz CT molecular complexity index is 656. The van der Waals surface area contributed by atoms with E-state index in [9.17, 15) is 4.79 Å². The van der Waals surface area contributed by atoms with Crippen molar-refractivity contribution in [2.75, 3.05) is 13.6 Å². The van der Waals surface area contributed by atoms with Crippen molar-refractivity contribution in [2.24, 2.45) is 0 Å². The second-order valence-electron chi connectivity index (χ2n) is 5.98. The van der Waals surface area contributed by atoms with Crippen LogP contribution in [0, 0.1) is 13.8 Å². The van der Waals surface area contributed by atoms with E-state index in [0.717, 1.165) is 0 Å². The summed E-state index contributed by atoms with van der Waals surface area (Å²) in [5, 5.41) is 8.38. The van der Waals surface area contributed by atoms with E-state index in [4.69, 9.17) is 5.11 Å². The zero-order chi connectivity index (χ0) is 16.8. The normalized spacial score (nSPS) is 17.4. The van der Waals surface area contributed by atoms with Gasteiger partial charge >= 0.3 is 5.97 Å². The van der Waals surface area contributed by atoms with Crippen LogP contribution in [0.1, 0.15) is 45.9 Å². The van der Waals surface area contributed by atoms with E-state index < -0.39 is 5.97 Å². The van der Waals surface area contributed by atoms with Crippen LogP contribution < -0.4 is 0 Å². The first kappa shape index (κ1) is 17.2. The summed E-state index contributed by atoms with van der Waals surface area (Å²) in [5.74, 6) is -0.879. The standard InChI is InChI=1S/C12H18N2.C7H6O2/c1-9-7-13-8-11(10(9)2)12-5-4-6-14(12)3;8-7(9)6-4-2-1-3-5-6/h7-8,12H,4-6H2,1-3H3;1-5H,(H,8,9)/t12-;/m0./s1. The summed E-state index contributed by atoms with van der Waals surface area (Å²) in [4.78, 5) is 16.9. The maximum absolute atomic E-state index is 10.2. The summed E-state index contributed by atoms with van der Waals surface area (Å²) in [5.41, 5.74) is 4.48. The number of aromatic nitrogens is 1. The highest BCUT2D eigenvalue weighted by Gasteiger charge is 2.24. The molecule has 0 spiro atoms. The van der Waals surface area contributed by atoms with Gasteiger partial charge in [-0.2, -0.15) is 0 Å². The number of aromatic carboxylic acids is 1. The van der Waals surface area contributed by atoms with Crippen molar-refractivity contribution in [1.29, 1.82) is 0 Å². The van der Waals surface area contributed by atoms with Crippen LogP contribution in [0.4, 0.5) is 0 Å².